The van der Waals surface area contributed by atoms with Crippen LogP contribution in [0.25, 0.3) is 0 Å². The summed E-state index contributed by atoms with van der Waals surface area (Å²) < 4.78 is 35.3. The van der Waals surface area contributed by atoms with E-state index in [9.17, 15) is 0 Å². The van der Waals surface area contributed by atoms with Gasteiger partial charge in [-0.25, -0.2) is 18.6 Å². The van der Waals surface area contributed by atoms with Crippen LogP contribution in [-0.2, 0) is 5.41 Å². The van der Waals surface area contributed by atoms with Crippen LogP contribution in [0.1, 0.15) is 24.8 Å². The number of nitrogens with zero attached hydrogens (tertiary/aromatic N) is 1. The van der Waals surface area contributed by atoms with Gasteiger partial charge in [0, 0.05) is 24.7 Å². The minimum Gasteiger partial charge on any atom is -0.326 e. The summed E-state index contributed by atoms with van der Waals surface area (Å²) >= 11 is 0. The molecule has 3 saturated heterocycles. The van der Waals surface area contributed by atoms with Gasteiger partial charge >= 0.3 is 0 Å². The van der Waals surface area contributed by atoms with Gasteiger partial charge in [-0.05, 0) is 5.56 Å². The molecule has 0 unspecified atom stereocenters. The first kappa shape index (κ1) is 15.7. The molecule has 6 heteroatoms. The van der Waals surface area contributed by atoms with Crippen molar-refractivity contribution in [1.29, 1.82) is 0 Å². The van der Waals surface area contributed by atoms with Crippen molar-refractivity contribution in [2.45, 2.75) is 24.7 Å². The van der Waals surface area contributed by atoms with Gasteiger partial charge in [-0.2, -0.15) is 0 Å². The van der Waals surface area contributed by atoms with Crippen LogP contribution < -0.4 is 18.6 Å². The number of fused-ring (bicyclic) bond motifs is 3. The number of halogens is 1. The largest absolute Gasteiger partial charge is 0.326 e. The van der Waals surface area contributed by atoms with Crippen molar-refractivity contribution in [3.63, 3.8) is 0 Å². The molecule has 0 saturated carbocycles. The number of benzene rings is 1. The van der Waals surface area contributed by atoms with Gasteiger partial charge < -0.3 is 4.48 Å². The molecule has 3 fully saturated rings. The second-order valence-electron chi connectivity index (χ2n) is 6.06. The average Bonchev–Trinajstić information content (AvgIpc) is 2.39. The molecule has 1 aromatic rings. The zero-order chi connectivity index (χ0) is 14.9. The molecule has 0 aliphatic carbocycles. The fourth-order valence-electron chi connectivity index (χ4n) is 3.39. The fourth-order valence-corrected chi connectivity index (χ4v) is 3.39. The molecule has 0 radical (unpaired) electrons. The van der Waals surface area contributed by atoms with Crippen LogP contribution in [-0.4, -0.2) is 31.2 Å². The van der Waals surface area contributed by atoms with Gasteiger partial charge in [0.05, 0.1) is 26.7 Å². The van der Waals surface area contributed by atoms with E-state index in [1.54, 1.807) is 5.56 Å². The number of piperidine rings is 3. The predicted molar refractivity (Wildman–Crippen MR) is 62.8 cm³/mol. The summed E-state index contributed by atoms with van der Waals surface area (Å²) in [4.78, 5) is 0. The molecular weight excluding hydrogens is 282 g/mol. The van der Waals surface area contributed by atoms with Crippen molar-refractivity contribution in [1.82, 2.24) is 0 Å². The van der Waals surface area contributed by atoms with Crippen molar-refractivity contribution in [3.8, 4) is 0 Å². The molecule has 3 heterocycles. The maximum Gasteiger partial charge on any atom is 0.0793 e. The van der Waals surface area contributed by atoms with Gasteiger partial charge in [-0.1, -0.05) is 30.3 Å². The summed E-state index contributed by atoms with van der Waals surface area (Å²) in [6.45, 7) is 4.15. The van der Waals surface area contributed by atoms with Gasteiger partial charge in [0.1, 0.15) is 0 Å². The SMILES string of the molecule is C[N+]12CCC(c3ccccc3)(CC1)CC2.[O-][Cl+3]([O-])([O-])[O-]. The van der Waals surface area contributed by atoms with Gasteiger partial charge in [0.15, 0.2) is 0 Å². The Kier molecular flexibility index (Phi) is 4.39. The second kappa shape index (κ2) is 5.60. The molecule has 0 amide bonds. The molecule has 0 aromatic heterocycles. The lowest BCUT2D eigenvalue weighted by Crippen LogP contribution is -2.68. The monoisotopic (exact) mass is 301 g/mol. The normalized spacial score (nSPS) is 32.5. The Labute approximate surface area is 121 Å². The van der Waals surface area contributed by atoms with Crippen LogP contribution in [0.3, 0.4) is 0 Å². The molecular formula is C14H20ClNO4. The van der Waals surface area contributed by atoms with Crippen molar-refractivity contribution >= 4 is 0 Å². The lowest BCUT2D eigenvalue weighted by molar-refractivity contribution is -2.00. The number of quaternary nitrogens is 1. The predicted octanol–water partition coefficient (Wildman–Crippen LogP) is -2.19. The maximum absolute atomic E-state index is 8.49. The highest BCUT2D eigenvalue weighted by molar-refractivity contribution is 5.26. The van der Waals surface area contributed by atoms with Gasteiger partial charge in [-0.3, -0.25) is 0 Å². The maximum atomic E-state index is 8.49. The van der Waals surface area contributed by atoms with Gasteiger partial charge in [0.2, 0.25) is 0 Å². The van der Waals surface area contributed by atoms with E-state index in [0.29, 0.717) is 5.41 Å². The third kappa shape index (κ3) is 3.91. The Morgan fingerprint density at radius 1 is 0.900 bits per heavy atom. The summed E-state index contributed by atoms with van der Waals surface area (Å²) in [5, 5.41) is 0. The number of hydrogen-bond acceptors (Lipinski definition) is 4. The van der Waals surface area contributed by atoms with Crippen LogP contribution in [0, 0.1) is 10.2 Å². The summed E-state index contributed by atoms with van der Waals surface area (Å²) in [5.41, 5.74) is 2.13. The molecule has 2 bridgehead atoms. The first-order valence-electron chi connectivity index (χ1n) is 6.73. The van der Waals surface area contributed by atoms with Crippen molar-refractivity contribution in [2.75, 3.05) is 26.7 Å². The molecule has 0 spiro atoms. The lowest BCUT2D eigenvalue weighted by atomic mass is 9.67. The van der Waals surface area contributed by atoms with Crippen LogP contribution in [0.5, 0.6) is 0 Å². The number of rotatable bonds is 1. The van der Waals surface area contributed by atoms with E-state index in [4.69, 9.17) is 18.6 Å². The molecule has 0 N–H and O–H groups in total. The van der Waals surface area contributed by atoms with Crippen molar-refractivity contribution in [3.05, 3.63) is 35.9 Å². The Bertz CT molecular complexity index is 416. The molecule has 20 heavy (non-hydrogen) atoms. The van der Waals surface area contributed by atoms with E-state index in [-0.39, 0.29) is 0 Å². The van der Waals surface area contributed by atoms with Gasteiger partial charge in [-0.15, -0.1) is 10.2 Å². The van der Waals surface area contributed by atoms with Crippen molar-refractivity contribution < 1.29 is 33.4 Å². The zero-order valence-corrected chi connectivity index (χ0v) is 12.3. The fraction of sp³-hybridized carbons (Fsp3) is 0.571. The minimum absolute atomic E-state index is 0.539. The molecule has 1 aromatic carbocycles. The van der Waals surface area contributed by atoms with E-state index in [0.717, 1.165) is 0 Å². The van der Waals surface area contributed by atoms with E-state index in [2.05, 4.69) is 37.4 Å². The highest BCUT2D eigenvalue weighted by Crippen LogP contribution is 2.45. The topological polar surface area (TPSA) is 92.2 Å². The first-order chi connectivity index (χ1) is 9.23. The Morgan fingerprint density at radius 3 is 1.70 bits per heavy atom. The molecule has 112 valence electrons. The Morgan fingerprint density at radius 2 is 1.30 bits per heavy atom. The highest BCUT2D eigenvalue weighted by Gasteiger charge is 2.47. The molecule has 3 aliphatic rings. The number of hydrogen-bond donors (Lipinski definition) is 0. The Balaban J connectivity index is 0.000000257. The van der Waals surface area contributed by atoms with E-state index >= 15 is 0 Å². The van der Waals surface area contributed by atoms with Crippen LogP contribution in [0.15, 0.2) is 30.3 Å². The third-order valence-electron chi connectivity index (χ3n) is 4.78. The third-order valence-corrected chi connectivity index (χ3v) is 4.78. The standard InChI is InChI=1S/C14H20N.ClHO4/c1-15-10-7-14(8-11-15,9-12-15)13-5-3-2-4-6-13;2-1(3,4)5/h2-6H,7-12H2,1H3;(H,2,3,4,5)/q+1;/p-1. The molecule has 0 atom stereocenters. The quantitative estimate of drug-likeness (QED) is 0.551. The molecule has 5 nitrogen and oxygen atoms in total. The minimum atomic E-state index is -4.94. The summed E-state index contributed by atoms with van der Waals surface area (Å²) in [5.74, 6) is 0. The highest BCUT2D eigenvalue weighted by atomic mass is 35.7. The van der Waals surface area contributed by atoms with Crippen molar-refractivity contribution in [2.24, 2.45) is 0 Å². The summed E-state index contributed by atoms with van der Waals surface area (Å²) in [7, 11) is -2.52. The smallest absolute Gasteiger partial charge is 0.0793 e. The van der Waals surface area contributed by atoms with Crippen LogP contribution in [0.2, 0.25) is 0 Å². The second-order valence-corrected chi connectivity index (χ2v) is 6.82. The first-order valence-corrected chi connectivity index (χ1v) is 7.97. The van der Waals surface area contributed by atoms with E-state index in [1.807, 2.05) is 0 Å². The lowest BCUT2D eigenvalue weighted by Gasteiger charge is -2.53. The molecule has 4 rings (SSSR count). The Hall–Kier alpha value is -0.690. The summed E-state index contributed by atoms with van der Waals surface area (Å²) in [6.07, 6.45) is 4.19. The van der Waals surface area contributed by atoms with Gasteiger partial charge in [0.25, 0.3) is 0 Å². The van der Waals surface area contributed by atoms with Crippen LogP contribution in [0.4, 0.5) is 0 Å². The molecule has 3 aliphatic heterocycles. The zero-order valence-electron chi connectivity index (χ0n) is 11.6. The van der Waals surface area contributed by atoms with E-state index in [1.165, 1.54) is 43.4 Å². The average molecular weight is 302 g/mol. The summed E-state index contributed by atoms with van der Waals surface area (Å²) in [6, 6.07) is 11.2. The van der Waals surface area contributed by atoms with Crippen LogP contribution >= 0.6 is 0 Å². The van der Waals surface area contributed by atoms with E-state index < -0.39 is 10.2 Å².